The maximum absolute atomic E-state index is 12.5. The maximum Gasteiger partial charge on any atom is 0.161 e. The third-order valence-electron chi connectivity index (χ3n) is 18.1. The van der Waals surface area contributed by atoms with Crippen LogP contribution in [-0.2, 0) is 35.6 Å². The van der Waals surface area contributed by atoms with Crippen LogP contribution in [-0.4, -0.2) is 70.3 Å². The smallest absolute Gasteiger partial charge is 0.161 e. The molecule has 4 aromatic rings. The van der Waals surface area contributed by atoms with E-state index in [9.17, 15) is 4.79 Å². The second-order valence-electron chi connectivity index (χ2n) is 21.3. The molecule has 5 fully saturated rings. The summed E-state index contributed by atoms with van der Waals surface area (Å²) in [6.45, 7) is 12.1. The lowest BCUT2D eigenvalue weighted by Crippen LogP contribution is -2.50. The van der Waals surface area contributed by atoms with Gasteiger partial charge in [0.2, 0.25) is 0 Å². The quantitative estimate of drug-likeness (QED) is 0.151. The summed E-state index contributed by atoms with van der Waals surface area (Å²) in [4.78, 5) is 15.1. The average molecular weight is 895 g/mol. The van der Waals surface area contributed by atoms with Gasteiger partial charge in [-0.05, 0) is 169 Å². The first-order valence-corrected chi connectivity index (χ1v) is 25.6. The minimum atomic E-state index is -0.0680. The van der Waals surface area contributed by atoms with Crippen LogP contribution in [0.3, 0.4) is 0 Å². The van der Waals surface area contributed by atoms with E-state index in [0.717, 1.165) is 118 Å². The second-order valence-corrected chi connectivity index (χ2v) is 21.3. The van der Waals surface area contributed by atoms with Crippen molar-refractivity contribution in [3.8, 4) is 23.0 Å². The zero-order valence-corrected chi connectivity index (χ0v) is 40.2. The highest BCUT2D eigenvalue weighted by Crippen LogP contribution is 2.62. The fourth-order valence-corrected chi connectivity index (χ4v) is 14.5. The molecule has 4 aromatic carbocycles. The van der Waals surface area contributed by atoms with E-state index in [0.29, 0.717) is 54.1 Å². The molecule has 1 heterocycles. The monoisotopic (exact) mass is 895 g/mol. The van der Waals surface area contributed by atoms with E-state index in [2.05, 4.69) is 84.7 Å². The largest absolute Gasteiger partial charge is 0.493 e. The third kappa shape index (κ3) is 8.92. The minimum absolute atomic E-state index is 0.0680. The Labute approximate surface area is 394 Å². The maximum atomic E-state index is 12.5. The molecular weight excluding hydrogens is 821 g/mol. The summed E-state index contributed by atoms with van der Waals surface area (Å²) in [7, 11) is 3.50. The van der Waals surface area contributed by atoms with E-state index in [1.165, 1.54) is 66.3 Å². The second kappa shape index (κ2) is 19.7. The van der Waals surface area contributed by atoms with Gasteiger partial charge in [-0.2, -0.15) is 0 Å². The van der Waals surface area contributed by atoms with Gasteiger partial charge in [0, 0.05) is 44.1 Å². The first kappa shape index (κ1) is 45.4. The Bertz CT molecular complexity index is 2300. The molecule has 6 unspecified atom stereocenters. The fourth-order valence-electron chi connectivity index (χ4n) is 14.5. The zero-order chi connectivity index (χ0) is 45.3. The molecule has 8 nitrogen and oxygen atoms in total. The van der Waals surface area contributed by atoms with Gasteiger partial charge in [-0.25, -0.2) is 0 Å². The van der Waals surface area contributed by atoms with Crippen LogP contribution in [0.5, 0.6) is 23.0 Å². The molecule has 0 bridgehead atoms. The van der Waals surface area contributed by atoms with Gasteiger partial charge in [0.05, 0.1) is 27.4 Å². The van der Waals surface area contributed by atoms with E-state index in [4.69, 9.17) is 23.7 Å². The molecule has 4 saturated carbocycles. The first-order chi connectivity index (χ1) is 32.3. The number of benzene rings is 4. The number of nitrogens with one attached hydrogen (secondary N) is 1. The van der Waals surface area contributed by atoms with Crippen LogP contribution in [0.1, 0.15) is 123 Å². The molecule has 9 atom stereocenters. The summed E-state index contributed by atoms with van der Waals surface area (Å²) in [6.07, 6.45) is 14.1. The first-order valence-electron chi connectivity index (χ1n) is 25.6. The van der Waals surface area contributed by atoms with Crippen LogP contribution in [0.25, 0.3) is 0 Å². The van der Waals surface area contributed by atoms with Crippen molar-refractivity contribution in [1.82, 2.24) is 10.2 Å². The van der Waals surface area contributed by atoms with Crippen molar-refractivity contribution in [3.05, 3.63) is 118 Å². The lowest BCUT2D eigenvalue weighted by Gasteiger charge is -2.51. The van der Waals surface area contributed by atoms with E-state index >= 15 is 0 Å². The van der Waals surface area contributed by atoms with Crippen LogP contribution in [0.4, 0.5) is 0 Å². The summed E-state index contributed by atoms with van der Waals surface area (Å²) >= 11 is 0. The van der Waals surface area contributed by atoms with E-state index in [1.54, 1.807) is 14.2 Å². The zero-order valence-electron chi connectivity index (χ0n) is 40.2. The number of ketones is 1. The number of hydrogen-bond donors (Lipinski definition) is 1. The predicted octanol–water partition coefficient (Wildman–Crippen LogP) is 11.1. The van der Waals surface area contributed by atoms with Crippen LogP contribution < -0.4 is 24.3 Å². The van der Waals surface area contributed by atoms with Gasteiger partial charge < -0.3 is 29.0 Å². The molecule has 352 valence electrons. The Morgan fingerprint density at radius 1 is 0.636 bits per heavy atom. The van der Waals surface area contributed by atoms with Gasteiger partial charge >= 0.3 is 0 Å². The van der Waals surface area contributed by atoms with Crippen molar-refractivity contribution in [2.45, 2.75) is 122 Å². The third-order valence-corrected chi connectivity index (χ3v) is 18.1. The topological polar surface area (TPSA) is 78.5 Å². The molecule has 0 spiro atoms. The Balaban J connectivity index is 0.000000160. The Kier molecular flexibility index (Phi) is 13.6. The highest BCUT2D eigenvalue weighted by atomic mass is 16.5. The van der Waals surface area contributed by atoms with Gasteiger partial charge in [-0.3, -0.25) is 9.69 Å². The summed E-state index contributed by atoms with van der Waals surface area (Å²) < 4.78 is 29.5. The molecule has 0 aromatic heterocycles. The SMILES string of the molecule is COc1cc2c(cc1OCc1ccccc1)CCC1C2CC[C@@]2(C)C1CC[C@@H]2NCCN1CCOCC1.COc1cc2c(cc1OCc1ccccc1)CCC1C2CC[C@]2(C)C(=O)CCC12. The van der Waals surface area contributed by atoms with Gasteiger partial charge in [0.25, 0.3) is 0 Å². The lowest BCUT2D eigenvalue weighted by atomic mass is 9.55. The van der Waals surface area contributed by atoms with E-state index in [-0.39, 0.29) is 5.41 Å². The normalized spacial score (nSPS) is 30.8. The molecule has 66 heavy (non-hydrogen) atoms. The Morgan fingerprint density at radius 2 is 1.20 bits per heavy atom. The molecular formula is C58H74N2O6. The fraction of sp³-hybridized carbons (Fsp3) is 0.569. The van der Waals surface area contributed by atoms with Crippen molar-refractivity contribution >= 4 is 5.78 Å². The summed E-state index contributed by atoms with van der Waals surface area (Å²) in [6, 6.07) is 30.3. The average Bonchev–Trinajstić information content (AvgIpc) is 3.87. The Morgan fingerprint density at radius 3 is 1.77 bits per heavy atom. The molecule has 7 aliphatic rings. The van der Waals surface area contributed by atoms with E-state index < -0.39 is 0 Å². The number of fused-ring (bicyclic) bond motifs is 10. The molecule has 6 aliphatic carbocycles. The van der Waals surface area contributed by atoms with Gasteiger partial charge in [-0.1, -0.05) is 74.5 Å². The van der Waals surface area contributed by atoms with Gasteiger partial charge in [-0.15, -0.1) is 0 Å². The number of rotatable bonds is 12. The molecule has 0 amide bonds. The number of methoxy groups -OCH3 is 2. The summed E-state index contributed by atoms with van der Waals surface area (Å²) in [5.74, 6) is 7.96. The van der Waals surface area contributed by atoms with Gasteiger partial charge in [0.1, 0.15) is 19.0 Å². The molecule has 0 radical (unpaired) electrons. The number of aryl methyl sites for hydroxylation is 2. The van der Waals surface area contributed by atoms with Crippen molar-refractivity contribution in [2.75, 3.05) is 53.6 Å². The van der Waals surface area contributed by atoms with Gasteiger partial charge in [0.15, 0.2) is 23.0 Å². The van der Waals surface area contributed by atoms with Crippen LogP contribution in [0.15, 0.2) is 84.9 Å². The van der Waals surface area contributed by atoms with Crippen LogP contribution >= 0.6 is 0 Å². The number of Topliss-reactive ketones (excluding diaryl/α,β-unsaturated/α-hetero) is 1. The number of ether oxygens (including phenoxy) is 5. The lowest BCUT2D eigenvalue weighted by molar-refractivity contribution is -0.129. The minimum Gasteiger partial charge on any atom is -0.493 e. The highest BCUT2D eigenvalue weighted by Gasteiger charge is 2.56. The molecule has 8 heteroatoms. The molecule has 1 N–H and O–H groups in total. The number of hydrogen-bond acceptors (Lipinski definition) is 8. The number of nitrogens with zero attached hydrogens (tertiary/aromatic N) is 1. The van der Waals surface area contributed by atoms with Crippen LogP contribution in [0, 0.1) is 34.5 Å². The number of carbonyl (C=O) groups excluding carboxylic acids is 1. The molecule has 11 rings (SSSR count). The summed E-state index contributed by atoms with van der Waals surface area (Å²) in [5.41, 5.74) is 8.55. The predicted molar refractivity (Wildman–Crippen MR) is 261 cm³/mol. The highest BCUT2D eigenvalue weighted by molar-refractivity contribution is 5.87. The Hall–Kier alpha value is -4.37. The number of carbonyl (C=O) groups is 1. The van der Waals surface area contributed by atoms with E-state index in [1.807, 2.05) is 24.3 Å². The molecule has 1 aliphatic heterocycles. The molecule has 1 saturated heterocycles. The summed E-state index contributed by atoms with van der Waals surface area (Å²) in [5, 5.41) is 4.02. The van der Waals surface area contributed by atoms with Crippen molar-refractivity contribution in [1.29, 1.82) is 0 Å². The number of morpholine rings is 1. The van der Waals surface area contributed by atoms with Crippen molar-refractivity contribution in [2.24, 2.45) is 34.5 Å². The van der Waals surface area contributed by atoms with Crippen molar-refractivity contribution in [3.63, 3.8) is 0 Å². The van der Waals surface area contributed by atoms with Crippen LogP contribution in [0.2, 0.25) is 0 Å². The van der Waals surface area contributed by atoms with Crippen molar-refractivity contribution < 1.29 is 28.5 Å². The standard InChI is InChI=1S/C32H44N2O3.C26H30O3/c1-32-13-12-25-26(28(32)10-11-31(32)33-14-15-34-16-18-36-19-17-34)9-8-24-20-30(29(35-2)21-27(24)25)37-22-23-6-4-3-5-7-23;1-26-13-12-19-20(22(26)10-11-25(26)27)9-8-18-14-24(23(28-2)15-21(18)19)29-16-17-6-4-3-5-7-17/h3-7,20-21,25-26,28,31,33H,8-19,22H2,1-2H3;3-7,14-15,19-20,22H,8-13,16H2,1-2H3/t25?,26?,28?,31-,32-;19?,20?,22?,26-/m00/s1.